The number of rotatable bonds is 4. The molecule has 0 saturated carbocycles. The molecule has 3 N–H and O–H groups in total. The highest BCUT2D eigenvalue weighted by Crippen LogP contribution is 2.16. The number of likely N-dealkylation sites (tertiary alicyclic amines) is 1. The van der Waals surface area contributed by atoms with E-state index in [0.29, 0.717) is 5.69 Å². The Bertz CT molecular complexity index is 667. The first-order valence-corrected chi connectivity index (χ1v) is 8.32. The van der Waals surface area contributed by atoms with Crippen LogP contribution in [0.15, 0.2) is 54.6 Å². The van der Waals surface area contributed by atoms with Crippen LogP contribution in [0.5, 0.6) is 5.75 Å². The molecule has 2 aromatic carbocycles. The van der Waals surface area contributed by atoms with Gasteiger partial charge in [-0.25, -0.2) is 4.79 Å². The van der Waals surface area contributed by atoms with Crippen LogP contribution in [0.3, 0.4) is 0 Å². The summed E-state index contributed by atoms with van der Waals surface area (Å²) in [5, 5.41) is 15.2. The van der Waals surface area contributed by atoms with Gasteiger partial charge in [-0.3, -0.25) is 4.90 Å². The van der Waals surface area contributed by atoms with Crippen LogP contribution in [-0.4, -0.2) is 35.2 Å². The molecule has 0 atom stereocenters. The monoisotopic (exact) mass is 325 g/mol. The van der Waals surface area contributed by atoms with Crippen molar-refractivity contribution >= 4 is 11.7 Å². The number of carbonyl (C=O) groups excluding carboxylic acids is 1. The summed E-state index contributed by atoms with van der Waals surface area (Å²) in [5.74, 6) is 0.141. The summed E-state index contributed by atoms with van der Waals surface area (Å²) in [7, 11) is 0. The number of piperidine rings is 1. The third kappa shape index (κ3) is 4.73. The molecule has 24 heavy (non-hydrogen) atoms. The number of carbonyl (C=O) groups is 1. The lowest BCUT2D eigenvalue weighted by molar-refractivity contribution is 0.190. The molecule has 1 saturated heterocycles. The molecule has 126 valence electrons. The van der Waals surface area contributed by atoms with Gasteiger partial charge in [0.15, 0.2) is 0 Å². The van der Waals surface area contributed by atoms with Gasteiger partial charge in [0.1, 0.15) is 5.75 Å². The number of anilines is 1. The van der Waals surface area contributed by atoms with Gasteiger partial charge in [-0.2, -0.15) is 0 Å². The molecule has 1 fully saturated rings. The maximum Gasteiger partial charge on any atom is 0.319 e. The molecule has 1 aliphatic rings. The lowest BCUT2D eigenvalue weighted by Gasteiger charge is -2.32. The second kappa shape index (κ2) is 7.84. The van der Waals surface area contributed by atoms with Gasteiger partial charge in [-0.15, -0.1) is 0 Å². The first kappa shape index (κ1) is 16.3. The minimum Gasteiger partial charge on any atom is -0.508 e. The number of amides is 2. The Kier molecular flexibility index (Phi) is 5.33. The maximum atomic E-state index is 12.0. The highest BCUT2D eigenvalue weighted by molar-refractivity contribution is 5.89. The fourth-order valence-electron chi connectivity index (χ4n) is 3.01. The maximum absolute atomic E-state index is 12.0. The average Bonchev–Trinajstić information content (AvgIpc) is 2.57. The smallest absolute Gasteiger partial charge is 0.319 e. The number of nitrogens with zero attached hydrogens (tertiary/aromatic N) is 1. The SMILES string of the molecule is O=C(Nc1cccc(O)c1)NC1CCN(Cc2ccccc2)CC1. The van der Waals surface area contributed by atoms with E-state index < -0.39 is 0 Å². The summed E-state index contributed by atoms with van der Waals surface area (Å²) in [5.41, 5.74) is 1.92. The fraction of sp³-hybridized carbons (Fsp3) is 0.316. The Morgan fingerprint density at radius 2 is 1.83 bits per heavy atom. The summed E-state index contributed by atoms with van der Waals surface area (Å²) >= 11 is 0. The van der Waals surface area contributed by atoms with Crippen molar-refractivity contribution in [3.63, 3.8) is 0 Å². The molecule has 0 aromatic heterocycles. The molecule has 0 radical (unpaired) electrons. The lowest BCUT2D eigenvalue weighted by atomic mass is 10.0. The highest BCUT2D eigenvalue weighted by atomic mass is 16.3. The van der Waals surface area contributed by atoms with Gasteiger partial charge in [0.05, 0.1) is 0 Å². The Morgan fingerprint density at radius 3 is 2.54 bits per heavy atom. The van der Waals surface area contributed by atoms with Crippen molar-refractivity contribution in [1.29, 1.82) is 0 Å². The zero-order chi connectivity index (χ0) is 16.8. The number of urea groups is 1. The normalized spacial score (nSPS) is 15.8. The van der Waals surface area contributed by atoms with Crippen molar-refractivity contribution in [3.8, 4) is 5.75 Å². The van der Waals surface area contributed by atoms with Crippen LogP contribution in [0.25, 0.3) is 0 Å². The van der Waals surface area contributed by atoms with Gasteiger partial charge >= 0.3 is 6.03 Å². The molecule has 5 heteroatoms. The van der Waals surface area contributed by atoms with Crippen LogP contribution in [0.2, 0.25) is 0 Å². The third-order valence-electron chi connectivity index (χ3n) is 4.28. The zero-order valence-corrected chi connectivity index (χ0v) is 13.6. The largest absolute Gasteiger partial charge is 0.508 e. The van der Waals surface area contributed by atoms with Gasteiger partial charge in [0.2, 0.25) is 0 Å². The summed E-state index contributed by atoms with van der Waals surface area (Å²) in [4.78, 5) is 14.5. The van der Waals surface area contributed by atoms with Gasteiger partial charge in [0.25, 0.3) is 0 Å². The zero-order valence-electron chi connectivity index (χ0n) is 13.6. The summed E-state index contributed by atoms with van der Waals surface area (Å²) < 4.78 is 0. The van der Waals surface area contributed by atoms with Crippen LogP contribution in [0.4, 0.5) is 10.5 Å². The first-order valence-electron chi connectivity index (χ1n) is 8.32. The second-order valence-corrected chi connectivity index (χ2v) is 6.18. The standard InChI is InChI=1S/C19H23N3O2/c23-18-8-4-7-17(13-18)21-19(24)20-16-9-11-22(12-10-16)14-15-5-2-1-3-6-15/h1-8,13,16,23H,9-12,14H2,(H2,20,21,24). The van der Waals surface area contributed by atoms with Crippen molar-refractivity contribution < 1.29 is 9.90 Å². The summed E-state index contributed by atoms with van der Waals surface area (Å²) in [6.45, 7) is 2.92. The Morgan fingerprint density at radius 1 is 1.08 bits per heavy atom. The van der Waals surface area contributed by atoms with E-state index in [9.17, 15) is 9.90 Å². The molecule has 1 heterocycles. The van der Waals surface area contributed by atoms with Crippen molar-refractivity contribution in [3.05, 3.63) is 60.2 Å². The minimum absolute atomic E-state index is 0.141. The van der Waals surface area contributed by atoms with Crippen molar-refractivity contribution in [2.75, 3.05) is 18.4 Å². The molecular weight excluding hydrogens is 302 g/mol. The molecule has 0 unspecified atom stereocenters. The van der Waals surface area contributed by atoms with Crippen LogP contribution in [-0.2, 0) is 6.54 Å². The number of nitrogens with one attached hydrogen (secondary N) is 2. The second-order valence-electron chi connectivity index (χ2n) is 6.18. The van der Waals surface area contributed by atoms with Crippen molar-refractivity contribution in [1.82, 2.24) is 10.2 Å². The molecule has 2 aromatic rings. The Labute approximate surface area is 142 Å². The molecule has 0 spiro atoms. The number of benzene rings is 2. The molecule has 3 rings (SSSR count). The molecule has 0 aliphatic carbocycles. The predicted octanol–water partition coefficient (Wildman–Crippen LogP) is 3.18. The molecule has 5 nitrogen and oxygen atoms in total. The number of hydrogen-bond donors (Lipinski definition) is 3. The minimum atomic E-state index is -0.220. The van der Waals surface area contributed by atoms with Gasteiger partial charge in [-0.1, -0.05) is 36.4 Å². The van der Waals surface area contributed by atoms with E-state index in [1.165, 1.54) is 11.6 Å². The molecule has 1 aliphatic heterocycles. The van der Waals surface area contributed by atoms with Crippen LogP contribution < -0.4 is 10.6 Å². The molecule has 2 amide bonds. The van der Waals surface area contributed by atoms with E-state index in [1.54, 1.807) is 18.2 Å². The van der Waals surface area contributed by atoms with Crippen LogP contribution in [0.1, 0.15) is 18.4 Å². The predicted molar refractivity (Wildman–Crippen MR) is 95.0 cm³/mol. The lowest BCUT2D eigenvalue weighted by Crippen LogP contribution is -2.45. The van der Waals surface area contributed by atoms with Crippen molar-refractivity contribution in [2.45, 2.75) is 25.4 Å². The summed E-state index contributed by atoms with van der Waals surface area (Å²) in [6.07, 6.45) is 1.89. The van der Waals surface area contributed by atoms with Crippen LogP contribution >= 0.6 is 0 Å². The van der Waals surface area contributed by atoms with E-state index in [2.05, 4.69) is 39.8 Å². The third-order valence-corrected chi connectivity index (χ3v) is 4.28. The van der Waals surface area contributed by atoms with E-state index in [0.717, 1.165) is 32.5 Å². The number of aromatic hydroxyl groups is 1. The summed E-state index contributed by atoms with van der Waals surface area (Å²) in [6, 6.07) is 17.0. The topological polar surface area (TPSA) is 64.6 Å². The van der Waals surface area contributed by atoms with E-state index >= 15 is 0 Å². The van der Waals surface area contributed by atoms with E-state index in [4.69, 9.17) is 0 Å². The molecule has 0 bridgehead atoms. The Hall–Kier alpha value is -2.53. The first-order chi connectivity index (χ1) is 11.7. The van der Waals surface area contributed by atoms with Gasteiger partial charge in [0, 0.05) is 37.4 Å². The van der Waals surface area contributed by atoms with Crippen LogP contribution in [0, 0.1) is 0 Å². The Balaban J connectivity index is 1.42. The van der Waals surface area contributed by atoms with Crippen molar-refractivity contribution in [2.24, 2.45) is 0 Å². The van der Waals surface area contributed by atoms with Gasteiger partial charge in [-0.05, 0) is 30.5 Å². The quantitative estimate of drug-likeness (QED) is 0.809. The van der Waals surface area contributed by atoms with E-state index in [1.807, 2.05) is 6.07 Å². The number of phenolic OH excluding ortho intramolecular Hbond substituents is 1. The average molecular weight is 325 g/mol. The number of phenols is 1. The fourth-order valence-corrected chi connectivity index (χ4v) is 3.01. The molecular formula is C19H23N3O2. The van der Waals surface area contributed by atoms with E-state index in [-0.39, 0.29) is 17.8 Å². The number of hydrogen-bond acceptors (Lipinski definition) is 3. The highest BCUT2D eigenvalue weighted by Gasteiger charge is 2.20. The van der Waals surface area contributed by atoms with Gasteiger partial charge < -0.3 is 15.7 Å².